The molecule has 0 saturated carbocycles. The maximum absolute atomic E-state index is 12.7. The molecule has 0 atom stereocenters. The van der Waals surface area contributed by atoms with Crippen LogP contribution in [0.5, 0.6) is 0 Å². The van der Waals surface area contributed by atoms with Crippen molar-refractivity contribution in [2.24, 2.45) is 0 Å². The van der Waals surface area contributed by atoms with Crippen molar-refractivity contribution in [3.63, 3.8) is 0 Å². The summed E-state index contributed by atoms with van der Waals surface area (Å²) >= 11 is 6.71. The van der Waals surface area contributed by atoms with E-state index < -0.39 is 0 Å². The molecule has 0 bridgehead atoms. The van der Waals surface area contributed by atoms with Gasteiger partial charge in [-0.3, -0.25) is 19.9 Å². The van der Waals surface area contributed by atoms with Gasteiger partial charge in [0.1, 0.15) is 4.32 Å². The summed E-state index contributed by atoms with van der Waals surface area (Å²) in [4.78, 5) is 29.4. The van der Waals surface area contributed by atoms with Crippen molar-refractivity contribution in [3.05, 3.63) is 40.3 Å². The van der Waals surface area contributed by atoms with Gasteiger partial charge in [0.15, 0.2) is 0 Å². The van der Waals surface area contributed by atoms with Gasteiger partial charge in [-0.05, 0) is 37.1 Å². The Labute approximate surface area is 182 Å². The van der Waals surface area contributed by atoms with E-state index in [0.29, 0.717) is 28.6 Å². The lowest BCUT2D eigenvalue weighted by Gasteiger charge is -2.32. The second-order valence-corrected chi connectivity index (χ2v) is 9.03. The van der Waals surface area contributed by atoms with E-state index in [1.165, 1.54) is 17.3 Å². The molecule has 2 amide bonds. The number of carbonyl (C=O) groups is 2. The van der Waals surface area contributed by atoms with Gasteiger partial charge in [-0.1, -0.05) is 55.2 Å². The zero-order valence-corrected chi connectivity index (χ0v) is 18.7. The highest BCUT2D eigenvalue weighted by molar-refractivity contribution is 8.26. The number of thiocarbonyl (C=S) groups is 1. The number of nitrogens with zero attached hydrogens (tertiary/aromatic N) is 3. The second-order valence-electron chi connectivity index (χ2n) is 7.36. The molecule has 0 radical (unpaired) electrons. The minimum atomic E-state index is -0.0703. The maximum Gasteiger partial charge on any atom is 0.266 e. The molecule has 0 spiro atoms. The average molecular weight is 433 g/mol. The molecule has 1 N–H and O–H groups in total. The summed E-state index contributed by atoms with van der Waals surface area (Å²) in [5.74, 6) is -0.0782. The van der Waals surface area contributed by atoms with Crippen LogP contribution in [0.1, 0.15) is 30.9 Å². The van der Waals surface area contributed by atoms with Crippen molar-refractivity contribution in [2.75, 3.05) is 39.8 Å². The first-order chi connectivity index (χ1) is 14.0. The molecule has 156 valence electrons. The minimum Gasteiger partial charge on any atom is -0.304 e. The maximum atomic E-state index is 12.7. The molecule has 8 heteroatoms. The zero-order valence-electron chi connectivity index (χ0n) is 17.0. The number of amides is 2. The van der Waals surface area contributed by atoms with Gasteiger partial charge in [0.05, 0.1) is 4.91 Å². The van der Waals surface area contributed by atoms with Crippen molar-refractivity contribution in [1.29, 1.82) is 0 Å². The Morgan fingerprint density at radius 3 is 2.55 bits per heavy atom. The van der Waals surface area contributed by atoms with Crippen molar-refractivity contribution in [1.82, 2.24) is 20.2 Å². The number of likely N-dealkylation sites (N-methyl/N-ethyl adjacent to an activating group) is 1. The van der Waals surface area contributed by atoms with Crippen LogP contribution in [0.15, 0.2) is 29.2 Å². The third-order valence-corrected chi connectivity index (χ3v) is 6.51. The van der Waals surface area contributed by atoms with Gasteiger partial charge in [-0.15, -0.1) is 0 Å². The third kappa shape index (κ3) is 6.12. The lowest BCUT2D eigenvalue weighted by Crippen LogP contribution is -2.52. The SMILES string of the molecule is CCc1ccc(/C=C2\SC(=S)N(CCCC(=O)NN3CCN(C)CC3)C2=O)cc1. The Hall–Kier alpha value is -1.74. The molecule has 2 heterocycles. The Kier molecular flexibility index (Phi) is 7.83. The fraction of sp³-hybridized carbons (Fsp3) is 0.476. The highest BCUT2D eigenvalue weighted by Crippen LogP contribution is 2.32. The van der Waals surface area contributed by atoms with Crippen LogP contribution in [-0.4, -0.2) is 70.7 Å². The van der Waals surface area contributed by atoms with Crippen LogP contribution in [-0.2, 0) is 16.0 Å². The van der Waals surface area contributed by atoms with Crippen molar-refractivity contribution in [2.45, 2.75) is 26.2 Å². The Balaban J connectivity index is 1.47. The number of carbonyl (C=O) groups excluding carboxylic acids is 2. The number of hydrazine groups is 1. The van der Waals surface area contributed by atoms with E-state index in [1.54, 1.807) is 4.90 Å². The van der Waals surface area contributed by atoms with Crippen LogP contribution >= 0.6 is 24.0 Å². The molecular formula is C21H28N4O2S2. The Bertz CT molecular complexity index is 786. The Morgan fingerprint density at radius 2 is 1.90 bits per heavy atom. The molecule has 2 aliphatic heterocycles. The lowest BCUT2D eigenvalue weighted by atomic mass is 10.1. The lowest BCUT2D eigenvalue weighted by molar-refractivity contribution is -0.127. The van der Waals surface area contributed by atoms with Crippen LogP contribution in [0.3, 0.4) is 0 Å². The minimum absolute atomic E-state index is 0.00782. The fourth-order valence-corrected chi connectivity index (χ4v) is 4.55. The van der Waals surface area contributed by atoms with E-state index in [1.807, 2.05) is 23.2 Å². The number of aryl methyl sites for hydroxylation is 1. The Morgan fingerprint density at radius 1 is 1.21 bits per heavy atom. The van der Waals surface area contributed by atoms with E-state index in [0.717, 1.165) is 38.2 Å². The van der Waals surface area contributed by atoms with Crippen molar-refractivity contribution < 1.29 is 9.59 Å². The zero-order chi connectivity index (χ0) is 20.8. The molecular weight excluding hydrogens is 404 g/mol. The predicted molar refractivity (Wildman–Crippen MR) is 122 cm³/mol. The summed E-state index contributed by atoms with van der Waals surface area (Å²) < 4.78 is 0.561. The average Bonchev–Trinajstić information content (AvgIpc) is 2.97. The molecule has 1 aromatic carbocycles. The number of piperazine rings is 1. The summed E-state index contributed by atoms with van der Waals surface area (Å²) in [6.07, 6.45) is 3.84. The van der Waals surface area contributed by atoms with Gasteiger partial charge in [0.2, 0.25) is 5.91 Å². The topological polar surface area (TPSA) is 55.9 Å². The van der Waals surface area contributed by atoms with Gasteiger partial charge < -0.3 is 4.90 Å². The number of nitrogens with one attached hydrogen (secondary N) is 1. The summed E-state index contributed by atoms with van der Waals surface area (Å²) in [6, 6.07) is 8.19. The molecule has 2 fully saturated rings. The smallest absolute Gasteiger partial charge is 0.266 e. The number of hydrogen-bond donors (Lipinski definition) is 1. The summed E-state index contributed by atoms with van der Waals surface area (Å²) in [5, 5.41) is 1.97. The van der Waals surface area contributed by atoms with Crippen LogP contribution in [0.2, 0.25) is 0 Å². The van der Waals surface area contributed by atoms with Gasteiger partial charge in [0.25, 0.3) is 5.91 Å². The molecule has 2 aliphatic rings. The highest BCUT2D eigenvalue weighted by Gasteiger charge is 2.31. The third-order valence-electron chi connectivity index (χ3n) is 5.13. The molecule has 1 aromatic rings. The van der Waals surface area contributed by atoms with E-state index >= 15 is 0 Å². The van der Waals surface area contributed by atoms with Crippen LogP contribution < -0.4 is 5.43 Å². The van der Waals surface area contributed by atoms with Crippen LogP contribution in [0.4, 0.5) is 0 Å². The quantitative estimate of drug-likeness (QED) is 0.528. The first kappa shape index (κ1) is 22.0. The van der Waals surface area contributed by atoms with Gasteiger partial charge >= 0.3 is 0 Å². The van der Waals surface area contributed by atoms with Crippen molar-refractivity contribution >= 4 is 46.2 Å². The van der Waals surface area contributed by atoms with E-state index in [9.17, 15) is 9.59 Å². The molecule has 2 saturated heterocycles. The standard InChI is InChI=1S/C21H28N4O2S2/c1-3-16-6-8-17(9-7-16)15-18-20(27)25(21(28)29-18)10-4-5-19(26)22-24-13-11-23(2)12-14-24/h6-9,15H,3-5,10-14H2,1-2H3,(H,22,26)/b18-15-. The number of hydrogen-bond acceptors (Lipinski definition) is 6. The van der Waals surface area contributed by atoms with Crippen LogP contribution in [0.25, 0.3) is 6.08 Å². The van der Waals surface area contributed by atoms with Crippen molar-refractivity contribution in [3.8, 4) is 0 Å². The van der Waals surface area contributed by atoms with Gasteiger partial charge in [-0.2, -0.15) is 0 Å². The molecule has 29 heavy (non-hydrogen) atoms. The van der Waals surface area contributed by atoms with E-state index in [-0.39, 0.29) is 11.8 Å². The molecule has 0 aliphatic carbocycles. The molecule has 3 rings (SSSR count). The highest BCUT2D eigenvalue weighted by atomic mass is 32.2. The fourth-order valence-electron chi connectivity index (χ4n) is 3.24. The second kappa shape index (κ2) is 10.3. The summed E-state index contributed by atoms with van der Waals surface area (Å²) in [6.45, 7) is 6.15. The monoisotopic (exact) mass is 432 g/mol. The van der Waals surface area contributed by atoms with Crippen LogP contribution in [0, 0.1) is 0 Å². The normalized spacial score (nSPS) is 19.9. The predicted octanol–water partition coefficient (Wildman–Crippen LogP) is 2.51. The summed E-state index contributed by atoms with van der Waals surface area (Å²) in [5.41, 5.74) is 5.22. The molecule has 0 unspecified atom stereocenters. The first-order valence-electron chi connectivity index (χ1n) is 10.0. The number of rotatable bonds is 7. The van der Waals surface area contributed by atoms with E-state index in [2.05, 4.69) is 36.4 Å². The van der Waals surface area contributed by atoms with E-state index in [4.69, 9.17) is 12.2 Å². The largest absolute Gasteiger partial charge is 0.304 e. The van der Waals surface area contributed by atoms with Gasteiger partial charge in [-0.25, -0.2) is 5.01 Å². The summed E-state index contributed by atoms with van der Waals surface area (Å²) in [7, 11) is 2.08. The molecule has 0 aromatic heterocycles. The number of benzene rings is 1. The number of thioether (sulfide) groups is 1. The first-order valence-corrected chi connectivity index (χ1v) is 11.3. The molecule has 6 nitrogen and oxygen atoms in total. The van der Waals surface area contributed by atoms with Gasteiger partial charge in [0, 0.05) is 39.1 Å².